The van der Waals surface area contributed by atoms with Gasteiger partial charge in [-0.15, -0.1) is 0 Å². The monoisotopic (exact) mass is 312 g/mol. The van der Waals surface area contributed by atoms with Gasteiger partial charge >= 0.3 is 0 Å². The molecule has 5 N–H and O–H groups in total. The lowest BCUT2D eigenvalue weighted by molar-refractivity contribution is 0.371. The van der Waals surface area contributed by atoms with Crippen LogP contribution in [0.25, 0.3) is 11.5 Å². The van der Waals surface area contributed by atoms with Crippen LogP contribution in [0.5, 0.6) is 0 Å². The highest BCUT2D eigenvalue weighted by atomic mass is 16.5. The molecular formula is C19H24N2O2. The van der Waals surface area contributed by atoms with Gasteiger partial charge in [-0.2, -0.15) is 0 Å². The molecule has 4 nitrogen and oxygen atoms in total. The van der Waals surface area contributed by atoms with Crippen molar-refractivity contribution < 1.29 is 9.84 Å². The second kappa shape index (κ2) is 8.54. The zero-order chi connectivity index (χ0) is 17.4. The number of allylic oxidation sites excluding steroid dienone is 1. The zero-order valence-corrected chi connectivity index (χ0v) is 13.8. The van der Waals surface area contributed by atoms with Crippen molar-refractivity contribution in [1.82, 2.24) is 0 Å². The number of para-hydroxylation sites is 2. The first-order valence-electron chi connectivity index (χ1n) is 7.17. The zero-order valence-electron chi connectivity index (χ0n) is 13.8. The van der Waals surface area contributed by atoms with Crippen molar-refractivity contribution in [2.45, 2.75) is 13.8 Å². The van der Waals surface area contributed by atoms with E-state index in [2.05, 4.69) is 6.58 Å². The van der Waals surface area contributed by atoms with Crippen molar-refractivity contribution in [2.75, 3.05) is 18.6 Å². The van der Waals surface area contributed by atoms with E-state index in [-0.39, 0.29) is 5.76 Å². The number of methoxy groups -OCH3 is 1. The summed E-state index contributed by atoms with van der Waals surface area (Å²) in [5, 5.41) is 9.58. The van der Waals surface area contributed by atoms with Gasteiger partial charge < -0.3 is 21.3 Å². The van der Waals surface area contributed by atoms with Gasteiger partial charge in [0.1, 0.15) is 11.5 Å². The average Bonchev–Trinajstić information content (AvgIpc) is 2.55. The fraction of sp³-hybridized carbons (Fsp3) is 0.158. The SMILES string of the molecule is C=C(OC)c1ccccc1N.CC(C)=C(O)c1ccccc1N. The van der Waals surface area contributed by atoms with Gasteiger partial charge in [-0.3, -0.25) is 0 Å². The van der Waals surface area contributed by atoms with Crippen molar-refractivity contribution in [3.8, 4) is 0 Å². The lowest BCUT2D eigenvalue weighted by atomic mass is 10.1. The highest BCUT2D eigenvalue weighted by molar-refractivity contribution is 5.71. The Labute approximate surface area is 137 Å². The first-order chi connectivity index (χ1) is 10.9. The smallest absolute Gasteiger partial charge is 0.123 e. The maximum Gasteiger partial charge on any atom is 0.123 e. The summed E-state index contributed by atoms with van der Waals surface area (Å²) in [5.74, 6) is 0.871. The molecule has 0 bridgehead atoms. The molecule has 0 radical (unpaired) electrons. The standard InChI is InChI=1S/C10H13NO.C9H11NO/c1-7(2)10(12)8-5-3-4-6-9(8)11;1-7(11-2)8-5-3-4-6-9(8)10/h3-6,12H,11H2,1-2H3;3-6H,1,10H2,2H3. The van der Waals surface area contributed by atoms with Crippen LogP contribution in [-0.4, -0.2) is 12.2 Å². The van der Waals surface area contributed by atoms with Gasteiger partial charge in [0, 0.05) is 22.5 Å². The van der Waals surface area contributed by atoms with Crippen molar-refractivity contribution in [2.24, 2.45) is 0 Å². The van der Waals surface area contributed by atoms with Crippen LogP contribution in [-0.2, 0) is 4.74 Å². The van der Waals surface area contributed by atoms with Gasteiger partial charge in [0.25, 0.3) is 0 Å². The van der Waals surface area contributed by atoms with Crippen LogP contribution in [0.15, 0.2) is 60.7 Å². The Balaban J connectivity index is 0.000000231. The highest BCUT2D eigenvalue weighted by Crippen LogP contribution is 2.21. The molecule has 0 atom stereocenters. The number of anilines is 2. The minimum absolute atomic E-state index is 0.271. The van der Waals surface area contributed by atoms with Gasteiger partial charge in [0.05, 0.1) is 7.11 Å². The van der Waals surface area contributed by atoms with Gasteiger partial charge in [-0.05, 0) is 43.7 Å². The molecule has 2 aromatic carbocycles. The summed E-state index contributed by atoms with van der Waals surface area (Å²) in [4.78, 5) is 0. The molecule has 0 aliphatic carbocycles. The van der Waals surface area contributed by atoms with Gasteiger partial charge in [-0.1, -0.05) is 30.8 Å². The van der Waals surface area contributed by atoms with E-state index in [1.54, 1.807) is 19.2 Å². The Hall–Kier alpha value is -2.88. The molecule has 0 saturated heterocycles. The minimum atomic E-state index is 0.271. The van der Waals surface area contributed by atoms with E-state index in [0.29, 0.717) is 22.7 Å². The normalized spacial score (nSPS) is 9.35. The van der Waals surface area contributed by atoms with E-state index in [1.165, 1.54) is 0 Å². The second-order valence-corrected chi connectivity index (χ2v) is 5.15. The average molecular weight is 312 g/mol. The summed E-state index contributed by atoms with van der Waals surface area (Å²) in [6, 6.07) is 14.7. The molecular weight excluding hydrogens is 288 g/mol. The molecule has 0 amide bonds. The number of nitrogen functional groups attached to an aromatic ring is 2. The second-order valence-electron chi connectivity index (χ2n) is 5.15. The maximum absolute atomic E-state index is 9.58. The van der Waals surface area contributed by atoms with E-state index in [1.807, 2.05) is 50.2 Å². The topological polar surface area (TPSA) is 81.5 Å². The molecule has 0 aliphatic rings. The number of nitrogens with two attached hydrogens (primary N) is 2. The molecule has 0 unspecified atom stereocenters. The Kier molecular flexibility index (Phi) is 6.74. The number of hydrogen-bond donors (Lipinski definition) is 3. The summed E-state index contributed by atoms with van der Waals surface area (Å²) < 4.78 is 4.94. The van der Waals surface area contributed by atoms with Crippen LogP contribution in [0, 0.1) is 0 Å². The molecule has 122 valence electrons. The minimum Gasteiger partial charge on any atom is -0.507 e. The van der Waals surface area contributed by atoms with E-state index in [9.17, 15) is 5.11 Å². The van der Waals surface area contributed by atoms with E-state index >= 15 is 0 Å². The first-order valence-corrected chi connectivity index (χ1v) is 7.17. The summed E-state index contributed by atoms with van der Waals surface area (Å²) in [5.41, 5.74) is 15.1. The van der Waals surface area contributed by atoms with Crippen molar-refractivity contribution >= 4 is 22.9 Å². The fourth-order valence-corrected chi connectivity index (χ4v) is 1.84. The van der Waals surface area contributed by atoms with Crippen LogP contribution in [0.4, 0.5) is 11.4 Å². The Morgan fingerprint density at radius 3 is 1.74 bits per heavy atom. The molecule has 0 aromatic heterocycles. The fourth-order valence-electron chi connectivity index (χ4n) is 1.84. The maximum atomic E-state index is 9.58. The highest BCUT2D eigenvalue weighted by Gasteiger charge is 2.03. The Morgan fingerprint density at radius 1 is 0.913 bits per heavy atom. The van der Waals surface area contributed by atoms with E-state index in [0.717, 1.165) is 11.1 Å². The molecule has 0 spiro atoms. The predicted octanol–water partition coefficient (Wildman–Crippen LogP) is 4.46. The quantitative estimate of drug-likeness (QED) is 0.577. The third-order valence-electron chi connectivity index (χ3n) is 3.20. The van der Waals surface area contributed by atoms with Crippen molar-refractivity contribution in [1.29, 1.82) is 0 Å². The van der Waals surface area contributed by atoms with Crippen LogP contribution in [0.2, 0.25) is 0 Å². The number of aliphatic hydroxyl groups excluding tert-OH is 1. The molecule has 2 rings (SSSR count). The third kappa shape index (κ3) is 5.11. The molecule has 0 heterocycles. The number of rotatable bonds is 3. The first kappa shape index (κ1) is 18.2. The molecule has 0 fully saturated rings. The van der Waals surface area contributed by atoms with Crippen LogP contribution < -0.4 is 11.5 Å². The lowest BCUT2D eigenvalue weighted by Gasteiger charge is -2.05. The number of benzene rings is 2. The molecule has 0 aliphatic heterocycles. The van der Waals surface area contributed by atoms with Crippen LogP contribution >= 0.6 is 0 Å². The van der Waals surface area contributed by atoms with Crippen LogP contribution in [0.3, 0.4) is 0 Å². The third-order valence-corrected chi connectivity index (χ3v) is 3.20. The van der Waals surface area contributed by atoms with Crippen molar-refractivity contribution in [3.05, 3.63) is 71.8 Å². The number of hydrogen-bond acceptors (Lipinski definition) is 4. The Bertz CT molecular complexity index is 702. The number of aliphatic hydroxyl groups is 1. The summed E-state index contributed by atoms with van der Waals surface area (Å²) in [6.07, 6.45) is 0. The Morgan fingerprint density at radius 2 is 1.35 bits per heavy atom. The summed E-state index contributed by atoms with van der Waals surface area (Å²) in [7, 11) is 1.58. The molecule has 0 saturated carbocycles. The lowest BCUT2D eigenvalue weighted by Crippen LogP contribution is -1.93. The largest absolute Gasteiger partial charge is 0.507 e. The predicted molar refractivity (Wildman–Crippen MR) is 98.6 cm³/mol. The van der Waals surface area contributed by atoms with E-state index < -0.39 is 0 Å². The number of ether oxygens (including phenoxy) is 1. The van der Waals surface area contributed by atoms with Gasteiger partial charge in [-0.25, -0.2) is 0 Å². The molecule has 23 heavy (non-hydrogen) atoms. The summed E-state index contributed by atoms with van der Waals surface area (Å²) >= 11 is 0. The van der Waals surface area contributed by atoms with E-state index in [4.69, 9.17) is 16.2 Å². The molecule has 4 heteroatoms. The van der Waals surface area contributed by atoms with Crippen LogP contribution in [0.1, 0.15) is 25.0 Å². The molecule has 2 aromatic rings. The van der Waals surface area contributed by atoms with Gasteiger partial charge in [0.15, 0.2) is 0 Å². The van der Waals surface area contributed by atoms with Crippen molar-refractivity contribution in [3.63, 3.8) is 0 Å². The van der Waals surface area contributed by atoms with Gasteiger partial charge in [0.2, 0.25) is 0 Å². The summed E-state index contributed by atoms with van der Waals surface area (Å²) in [6.45, 7) is 7.40.